The molecule has 1 amide bonds. The average Bonchev–Trinajstić information content (AvgIpc) is 2.35. The summed E-state index contributed by atoms with van der Waals surface area (Å²) in [5.41, 5.74) is 1.67. The molecule has 0 unspecified atom stereocenters. The third-order valence-electron chi connectivity index (χ3n) is 2.42. The van der Waals surface area contributed by atoms with Crippen molar-refractivity contribution in [2.24, 2.45) is 0 Å². The van der Waals surface area contributed by atoms with Gasteiger partial charge in [-0.2, -0.15) is 0 Å². The molecule has 0 saturated heterocycles. The van der Waals surface area contributed by atoms with Crippen LogP contribution in [0.5, 0.6) is 0 Å². The van der Waals surface area contributed by atoms with Crippen molar-refractivity contribution in [3.63, 3.8) is 0 Å². The lowest BCUT2D eigenvalue weighted by molar-refractivity contribution is 0.102. The number of hydrogen-bond acceptors (Lipinski definition) is 2. The van der Waals surface area contributed by atoms with Gasteiger partial charge in [0.2, 0.25) is 5.56 Å². The van der Waals surface area contributed by atoms with Gasteiger partial charge < -0.3 is 10.3 Å². The van der Waals surface area contributed by atoms with Gasteiger partial charge in [-0.3, -0.25) is 9.59 Å². The smallest absolute Gasteiger partial charge is 0.255 e. The Morgan fingerprint density at radius 2 is 1.94 bits per heavy atom. The molecule has 2 rings (SSSR count). The maximum atomic E-state index is 11.9. The van der Waals surface area contributed by atoms with Crippen LogP contribution in [0.1, 0.15) is 15.9 Å². The van der Waals surface area contributed by atoms with Gasteiger partial charge in [-0.25, -0.2) is 0 Å². The van der Waals surface area contributed by atoms with Crippen LogP contribution in [0.25, 0.3) is 0 Å². The molecule has 4 nitrogen and oxygen atoms in total. The Hall–Kier alpha value is -2.36. The zero-order valence-corrected chi connectivity index (χ0v) is 9.36. The van der Waals surface area contributed by atoms with Crippen molar-refractivity contribution >= 4 is 11.6 Å². The van der Waals surface area contributed by atoms with Crippen LogP contribution in [0.2, 0.25) is 0 Å². The Morgan fingerprint density at radius 3 is 2.65 bits per heavy atom. The maximum absolute atomic E-state index is 11.9. The molecular formula is C13H12N2O2. The fraction of sp³-hybridized carbons (Fsp3) is 0.0769. The van der Waals surface area contributed by atoms with Gasteiger partial charge in [0.25, 0.3) is 5.91 Å². The van der Waals surface area contributed by atoms with Crippen LogP contribution < -0.4 is 10.9 Å². The predicted molar refractivity (Wildman–Crippen MR) is 66.2 cm³/mol. The zero-order chi connectivity index (χ0) is 12.3. The summed E-state index contributed by atoms with van der Waals surface area (Å²) < 4.78 is 0. The van der Waals surface area contributed by atoms with Gasteiger partial charge in [0.1, 0.15) is 0 Å². The molecular weight excluding hydrogens is 216 g/mol. The lowest BCUT2D eigenvalue weighted by Crippen LogP contribution is -2.15. The fourth-order valence-corrected chi connectivity index (χ4v) is 1.46. The molecule has 0 bridgehead atoms. The Kier molecular flexibility index (Phi) is 3.05. The summed E-state index contributed by atoms with van der Waals surface area (Å²) in [6, 6.07) is 10.2. The van der Waals surface area contributed by atoms with Gasteiger partial charge in [0, 0.05) is 17.8 Å². The molecule has 0 radical (unpaired) electrons. The van der Waals surface area contributed by atoms with Crippen LogP contribution in [0.4, 0.5) is 5.69 Å². The Balaban J connectivity index is 2.25. The van der Waals surface area contributed by atoms with Crippen LogP contribution in [0.3, 0.4) is 0 Å². The van der Waals surface area contributed by atoms with Crippen LogP contribution >= 0.6 is 0 Å². The zero-order valence-electron chi connectivity index (χ0n) is 9.36. The van der Waals surface area contributed by atoms with E-state index < -0.39 is 0 Å². The standard InChI is InChI=1S/C13H12N2O2/c1-9-8-14-12(16)7-11(9)15-13(17)10-5-3-2-4-6-10/h2-8H,1H3,(H2,14,15,16,17). The summed E-state index contributed by atoms with van der Waals surface area (Å²) in [5, 5.41) is 2.71. The minimum atomic E-state index is -0.237. The SMILES string of the molecule is Cc1c[nH]c(=O)cc1NC(=O)c1ccccc1. The first-order valence-corrected chi connectivity index (χ1v) is 5.22. The van der Waals surface area contributed by atoms with Crippen LogP contribution in [0.15, 0.2) is 47.4 Å². The second kappa shape index (κ2) is 4.65. The average molecular weight is 228 g/mol. The highest BCUT2D eigenvalue weighted by Crippen LogP contribution is 2.11. The Bertz CT molecular complexity index is 588. The molecule has 0 atom stereocenters. The molecule has 1 aromatic heterocycles. The number of aromatic amines is 1. The largest absolute Gasteiger partial charge is 0.329 e. The number of aryl methyl sites for hydroxylation is 1. The number of nitrogens with one attached hydrogen (secondary N) is 2. The molecule has 0 aliphatic rings. The highest BCUT2D eigenvalue weighted by Gasteiger charge is 2.07. The number of carbonyl (C=O) groups excluding carboxylic acids is 1. The highest BCUT2D eigenvalue weighted by atomic mass is 16.1. The quantitative estimate of drug-likeness (QED) is 0.825. The highest BCUT2D eigenvalue weighted by molar-refractivity contribution is 6.04. The van der Waals surface area contributed by atoms with E-state index in [1.807, 2.05) is 13.0 Å². The van der Waals surface area contributed by atoms with Gasteiger partial charge in [-0.1, -0.05) is 18.2 Å². The van der Waals surface area contributed by atoms with E-state index in [-0.39, 0.29) is 11.5 Å². The van der Waals surface area contributed by atoms with Crippen molar-refractivity contribution in [2.45, 2.75) is 6.92 Å². The molecule has 0 fully saturated rings. The number of aromatic nitrogens is 1. The monoisotopic (exact) mass is 228 g/mol. The molecule has 0 spiro atoms. The number of pyridine rings is 1. The van der Waals surface area contributed by atoms with Gasteiger partial charge in [-0.05, 0) is 24.6 Å². The number of amides is 1. The molecule has 17 heavy (non-hydrogen) atoms. The normalized spacial score (nSPS) is 9.94. The number of benzene rings is 1. The topological polar surface area (TPSA) is 62.0 Å². The van der Waals surface area contributed by atoms with Crippen molar-refractivity contribution in [3.8, 4) is 0 Å². The molecule has 86 valence electrons. The molecule has 0 saturated carbocycles. The predicted octanol–water partition coefficient (Wildman–Crippen LogP) is 1.94. The van der Waals surface area contributed by atoms with Crippen molar-refractivity contribution < 1.29 is 4.79 Å². The Morgan fingerprint density at radius 1 is 1.24 bits per heavy atom. The van der Waals surface area contributed by atoms with Gasteiger partial charge in [-0.15, -0.1) is 0 Å². The van der Waals surface area contributed by atoms with E-state index in [0.717, 1.165) is 5.56 Å². The summed E-state index contributed by atoms with van der Waals surface area (Å²) in [7, 11) is 0. The number of rotatable bonds is 2. The minimum absolute atomic E-state index is 0.223. The van der Waals surface area contributed by atoms with Crippen LogP contribution in [-0.2, 0) is 0 Å². The molecule has 0 aliphatic heterocycles. The second-order valence-electron chi connectivity index (χ2n) is 3.71. The molecule has 2 aromatic rings. The number of hydrogen-bond donors (Lipinski definition) is 2. The van der Waals surface area contributed by atoms with E-state index in [1.54, 1.807) is 30.5 Å². The molecule has 1 aromatic carbocycles. The molecule has 1 heterocycles. The Labute approximate surface area is 98.3 Å². The van der Waals surface area contributed by atoms with Crippen LogP contribution in [0, 0.1) is 6.92 Å². The minimum Gasteiger partial charge on any atom is -0.329 e. The van der Waals surface area contributed by atoms with E-state index in [0.29, 0.717) is 11.3 Å². The third-order valence-corrected chi connectivity index (χ3v) is 2.42. The lowest BCUT2D eigenvalue weighted by Gasteiger charge is -2.07. The van der Waals surface area contributed by atoms with Crippen molar-refractivity contribution in [1.82, 2.24) is 4.98 Å². The summed E-state index contributed by atoms with van der Waals surface area (Å²) in [4.78, 5) is 25.6. The van der Waals surface area contributed by atoms with E-state index in [1.165, 1.54) is 6.07 Å². The number of H-pyrrole nitrogens is 1. The number of carbonyl (C=O) groups is 1. The van der Waals surface area contributed by atoms with Gasteiger partial charge in [0.05, 0.1) is 5.69 Å². The molecule has 2 N–H and O–H groups in total. The molecule has 4 heteroatoms. The summed E-state index contributed by atoms with van der Waals surface area (Å²) >= 11 is 0. The van der Waals surface area contributed by atoms with Crippen LogP contribution in [-0.4, -0.2) is 10.9 Å². The summed E-state index contributed by atoms with van der Waals surface area (Å²) in [6.45, 7) is 1.82. The van der Waals surface area contributed by atoms with Gasteiger partial charge in [0.15, 0.2) is 0 Å². The van der Waals surface area contributed by atoms with Crippen molar-refractivity contribution in [3.05, 3.63) is 64.1 Å². The van der Waals surface area contributed by atoms with Crippen molar-refractivity contribution in [2.75, 3.05) is 5.32 Å². The second-order valence-corrected chi connectivity index (χ2v) is 3.71. The first-order chi connectivity index (χ1) is 8.16. The van der Waals surface area contributed by atoms with E-state index in [9.17, 15) is 9.59 Å². The maximum Gasteiger partial charge on any atom is 0.255 e. The molecule has 0 aliphatic carbocycles. The first-order valence-electron chi connectivity index (χ1n) is 5.22. The lowest BCUT2D eigenvalue weighted by atomic mass is 10.2. The summed E-state index contributed by atoms with van der Waals surface area (Å²) in [5.74, 6) is -0.223. The fourth-order valence-electron chi connectivity index (χ4n) is 1.46. The van der Waals surface area contributed by atoms with E-state index in [2.05, 4.69) is 10.3 Å². The first kappa shape index (κ1) is 11.1. The van der Waals surface area contributed by atoms with E-state index >= 15 is 0 Å². The summed E-state index contributed by atoms with van der Waals surface area (Å²) in [6.07, 6.45) is 1.57. The van der Waals surface area contributed by atoms with E-state index in [4.69, 9.17) is 0 Å². The number of anilines is 1. The third kappa shape index (κ3) is 2.60. The van der Waals surface area contributed by atoms with Crippen molar-refractivity contribution in [1.29, 1.82) is 0 Å². The van der Waals surface area contributed by atoms with Gasteiger partial charge >= 0.3 is 0 Å².